The second-order valence-electron chi connectivity index (χ2n) is 6.79. The average molecular weight is 440 g/mol. The first-order chi connectivity index (χ1) is 14.8. The molecule has 9 heteroatoms. The third-order valence-electron chi connectivity index (χ3n) is 4.79. The Morgan fingerprint density at radius 1 is 1.30 bits per heavy atom. The van der Waals surface area contributed by atoms with Crippen molar-refractivity contribution in [2.75, 3.05) is 23.8 Å². The molecule has 1 unspecified atom stereocenters. The largest absolute Gasteiger partial charge is 0.376 e. The van der Waals surface area contributed by atoms with E-state index < -0.39 is 0 Å². The molecular weight excluding hydrogens is 418 g/mol. The minimum absolute atomic E-state index is 0.00641. The number of nitrogens with zero attached hydrogens (tertiary/aromatic N) is 5. The van der Waals surface area contributed by atoms with Crippen LogP contribution < -0.4 is 4.90 Å². The summed E-state index contributed by atoms with van der Waals surface area (Å²) in [7, 11) is 0. The van der Waals surface area contributed by atoms with Crippen molar-refractivity contribution >= 4 is 34.7 Å². The van der Waals surface area contributed by atoms with E-state index in [1.165, 1.54) is 16.7 Å². The maximum atomic E-state index is 12.9. The molecule has 1 atom stereocenters. The Morgan fingerprint density at radius 3 is 2.87 bits per heavy atom. The number of nitriles is 1. The van der Waals surface area contributed by atoms with Crippen molar-refractivity contribution in [3.05, 3.63) is 47.8 Å². The first-order valence-corrected chi connectivity index (χ1v) is 11.6. The Bertz CT molecular complexity index is 1010. The van der Waals surface area contributed by atoms with Crippen LogP contribution >= 0.6 is 23.1 Å². The minimum atomic E-state index is -0.142. The molecular formula is C21H21N5O2S2. The fraction of sp³-hybridized carbons (Fsp3) is 0.333. The van der Waals surface area contributed by atoms with E-state index in [4.69, 9.17) is 10.00 Å². The second kappa shape index (κ2) is 9.89. The van der Waals surface area contributed by atoms with E-state index in [0.717, 1.165) is 30.2 Å². The maximum Gasteiger partial charge on any atom is 0.238 e. The number of benzene rings is 1. The van der Waals surface area contributed by atoms with Crippen molar-refractivity contribution in [1.29, 1.82) is 5.26 Å². The quantitative estimate of drug-likeness (QED) is 0.392. The number of anilines is 1. The van der Waals surface area contributed by atoms with Gasteiger partial charge in [-0.25, -0.2) is 0 Å². The molecule has 0 spiro atoms. The van der Waals surface area contributed by atoms with E-state index in [9.17, 15) is 4.79 Å². The number of hydrogen-bond acceptors (Lipinski definition) is 7. The zero-order valence-electron chi connectivity index (χ0n) is 16.3. The summed E-state index contributed by atoms with van der Waals surface area (Å²) in [4.78, 5) is 15.4. The van der Waals surface area contributed by atoms with Gasteiger partial charge in [0.15, 0.2) is 11.0 Å². The number of thiophene rings is 1. The normalized spacial score (nSPS) is 15.8. The van der Waals surface area contributed by atoms with Crippen LogP contribution in [0.2, 0.25) is 0 Å². The zero-order valence-corrected chi connectivity index (χ0v) is 17.9. The highest BCUT2D eigenvalue weighted by Gasteiger charge is 2.23. The number of carbonyl (C=O) groups is 1. The number of rotatable bonds is 8. The standard InChI is InChI=1S/C21H21N5O2S2/c22-10-11-25(16-6-2-1-3-7-16)19(27)15-30-21-24-23-20(18-9-5-13-29-18)26(21)14-17-8-4-12-28-17/h1-3,5-7,9,13,17H,4,8,11-12,14-15H2. The molecule has 0 bridgehead atoms. The molecule has 0 radical (unpaired) electrons. The van der Waals surface area contributed by atoms with Crippen LogP contribution in [0.5, 0.6) is 0 Å². The fourth-order valence-electron chi connectivity index (χ4n) is 3.35. The van der Waals surface area contributed by atoms with E-state index >= 15 is 0 Å². The van der Waals surface area contributed by atoms with Gasteiger partial charge in [0, 0.05) is 12.3 Å². The Hall–Kier alpha value is -2.67. The SMILES string of the molecule is N#CCN(C(=O)CSc1nnc(-c2cccs2)n1CC1CCCO1)c1ccccc1. The number of ether oxygens (including phenoxy) is 1. The second-order valence-corrected chi connectivity index (χ2v) is 8.68. The summed E-state index contributed by atoms with van der Waals surface area (Å²) in [5.74, 6) is 0.828. The lowest BCUT2D eigenvalue weighted by molar-refractivity contribution is -0.116. The van der Waals surface area contributed by atoms with Crippen LogP contribution in [0.15, 0.2) is 53.0 Å². The zero-order chi connectivity index (χ0) is 20.8. The van der Waals surface area contributed by atoms with Crippen LogP contribution in [0, 0.1) is 11.3 Å². The lowest BCUT2D eigenvalue weighted by Crippen LogP contribution is -2.32. The summed E-state index contributed by atoms with van der Waals surface area (Å²) in [6, 6.07) is 15.3. The highest BCUT2D eigenvalue weighted by Crippen LogP contribution is 2.29. The Kier molecular flexibility index (Phi) is 6.79. The molecule has 1 aliphatic rings. The van der Waals surface area contributed by atoms with Gasteiger partial charge >= 0.3 is 0 Å². The van der Waals surface area contributed by atoms with Gasteiger partial charge in [0.05, 0.1) is 29.3 Å². The molecule has 2 aromatic heterocycles. The molecule has 7 nitrogen and oxygen atoms in total. The summed E-state index contributed by atoms with van der Waals surface area (Å²) in [5, 5.41) is 20.6. The Balaban J connectivity index is 1.52. The van der Waals surface area contributed by atoms with Gasteiger partial charge in [0.2, 0.25) is 5.91 Å². The van der Waals surface area contributed by atoms with Gasteiger partial charge in [-0.3, -0.25) is 14.3 Å². The number of aromatic nitrogens is 3. The van der Waals surface area contributed by atoms with Gasteiger partial charge in [-0.05, 0) is 36.4 Å². The minimum Gasteiger partial charge on any atom is -0.376 e. The molecule has 1 fully saturated rings. The van der Waals surface area contributed by atoms with E-state index in [0.29, 0.717) is 17.4 Å². The van der Waals surface area contributed by atoms with Crippen LogP contribution in [0.25, 0.3) is 10.7 Å². The first-order valence-electron chi connectivity index (χ1n) is 9.70. The van der Waals surface area contributed by atoms with Crippen molar-refractivity contribution in [3.63, 3.8) is 0 Å². The number of amides is 1. The monoisotopic (exact) mass is 439 g/mol. The third-order valence-corrected chi connectivity index (χ3v) is 6.61. The summed E-state index contributed by atoms with van der Waals surface area (Å²) >= 11 is 2.95. The van der Waals surface area contributed by atoms with E-state index in [-0.39, 0.29) is 24.3 Å². The van der Waals surface area contributed by atoms with E-state index in [1.807, 2.05) is 47.8 Å². The highest BCUT2D eigenvalue weighted by atomic mass is 32.2. The number of hydrogen-bond donors (Lipinski definition) is 0. The van der Waals surface area contributed by atoms with Gasteiger partial charge in [0.1, 0.15) is 6.54 Å². The smallest absolute Gasteiger partial charge is 0.238 e. The fourth-order valence-corrected chi connectivity index (χ4v) is 4.89. The van der Waals surface area contributed by atoms with Crippen molar-refractivity contribution in [2.24, 2.45) is 0 Å². The topological polar surface area (TPSA) is 84.0 Å². The summed E-state index contributed by atoms with van der Waals surface area (Å²) in [6.07, 6.45) is 2.20. The van der Waals surface area contributed by atoms with Crippen molar-refractivity contribution in [3.8, 4) is 16.8 Å². The molecule has 1 saturated heterocycles. The molecule has 0 saturated carbocycles. The van der Waals surface area contributed by atoms with Gasteiger partial charge in [-0.1, -0.05) is 36.0 Å². The molecule has 0 aliphatic carbocycles. The van der Waals surface area contributed by atoms with Crippen LogP contribution in [-0.4, -0.2) is 45.7 Å². The number of thioether (sulfide) groups is 1. The maximum absolute atomic E-state index is 12.9. The molecule has 30 heavy (non-hydrogen) atoms. The lowest BCUT2D eigenvalue weighted by Gasteiger charge is -2.19. The van der Waals surface area contributed by atoms with E-state index in [2.05, 4.69) is 20.8 Å². The summed E-state index contributed by atoms with van der Waals surface area (Å²) < 4.78 is 7.87. The molecule has 3 heterocycles. The van der Waals surface area contributed by atoms with Crippen LogP contribution in [0.4, 0.5) is 5.69 Å². The van der Waals surface area contributed by atoms with Crippen molar-refractivity contribution in [2.45, 2.75) is 30.6 Å². The van der Waals surface area contributed by atoms with Crippen LogP contribution in [0.3, 0.4) is 0 Å². The lowest BCUT2D eigenvalue weighted by atomic mass is 10.2. The Labute approximate surface area is 183 Å². The Morgan fingerprint density at radius 2 is 2.17 bits per heavy atom. The molecule has 1 amide bonds. The summed E-state index contributed by atoms with van der Waals surface area (Å²) in [6.45, 7) is 1.45. The predicted octanol–water partition coefficient (Wildman–Crippen LogP) is 3.83. The van der Waals surface area contributed by atoms with Gasteiger partial charge < -0.3 is 4.74 Å². The van der Waals surface area contributed by atoms with Crippen LogP contribution in [0.1, 0.15) is 12.8 Å². The predicted molar refractivity (Wildman–Crippen MR) is 117 cm³/mol. The first kappa shape index (κ1) is 20.6. The van der Waals surface area contributed by atoms with Crippen LogP contribution in [-0.2, 0) is 16.1 Å². The van der Waals surface area contributed by atoms with Gasteiger partial charge in [-0.2, -0.15) is 5.26 Å². The van der Waals surface area contributed by atoms with Crippen molar-refractivity contribution < 1.29 is 9.53 Å². The van der Waals surface area contributed by atoms with Gasteiger partial charge in [-0.15, -0.1) is 21.5 Å². The summed E-state index contributed by atoms with van der Waals surface area (Å²) in [5.41, 5.74) is 0.713. The molecule has 154 valence electrons. The molecule has 4 rings (SSSR count). The molecule has 1 aliphatic heterocycles. The molecule has 3 aromatic rings. The average Bonchev–Trinajstić information content (AvgIpc) is 3.53. The third kappa shape index (κ3) is 4.73. The molecule has 0 N–H and O–H groups in total. The van der Waals surface area contributed by atoms with Gasteiger partial charge in [0.25, 0.3) is 0 Å². The number of para-hydroxylation sites is 1. The molecule has 1 aromatic carbocycles. The highest BCUT2D eigenvalue weighted by molar-refractivity contribution is 7.99. The van der Waals surface area contributed by atoms with Crippen molar-refractivity contribution in [1.82, 2.24) is 14.8 Å². The number of carbonyl (C=O) groups excluding carboxylic acids is 1. The van der Waals surface area contributed by atoms with E-state index in [1.54, 1.807) is 11.3 Å².